The number of rotatable bonds is 9. The second kappa shape index (κ2) is 9.48. The number of hydrazine groups is 1. The first kappa shape index (κ1) is 12.4. The van der Waals surface area contributed by atoms with Crippen molar-refractivity contribution in [2.75, 3.05) is 19.7 Å². The monoisotopic (exact) mass is 188 g/mol. The predicted octanol–water partition coefficient (Wildman–Crippen LogP) is 0.690. The summed E-state index contributed by atoms with van der Waals surface area (Å²) in [5.74, 6) is 0.658. The summed E-state index contributed by atoms with van der Waals surface area (Å²) < 4.78 is 4.55. The van der Waals surface area contributed by atoms with Gasteiger partial charge in [0, 0.05) is 13.1 Å². The maximum atomic E-state index is 9.76. The lowest BCUT2D eigenvalue weighted by atomic mass is 10.2. The van der Waals surface area contributed by atoms with Gasteiger partial charge in [-0.1, -0.05) is 13.8 Å². The van der Waals surface area contributed by atoms with Crippen LogP contribution in [0.4, 0.5) is 0 Å². The highest BCUT2D eigenvalue weighted by Gasteiger charge is 1.91. The summed E-state index contributed by atoms with van der Waals surface area (Å²) in [6, 6.07) is 0. The highest BCUT2D eigenvalue weighted by atomic mass is 16.5. The lowest BCUT2D eigenvalue weighted by molar-refractivity contribution is -0.128. The number of hydrogen-bond donors (Lipinski definition) is 2. The third-order valence-corrected chi connectivity index (χ3v) is 1.52. The van der Waals surface area contributed by atoms with Crippen LogP contribution in [-0.4, -0.2) is 26.2 Å². The Bertz CT molecular complexity index is 118. The van der Waals surface area contributed by atoms with Gasteiger partial charge in [0.1, 0.15) is 0 Å². The SMILES string of the molecule is CC(C)CNNCCCCOC=O. The molecule has 0 aliphatic rings. The van der Waals surface area contributed by atoms with E-state index < -0.39 is 0 Å². The lowest BCUT2D eigenvalue weighted by Crippen LogP contribution is -2.35. The van der Waals surface area contributed by atoms with Crippen molar-refractivity contribution >= 4 is 6.47 Å². The predicted molar refractivity (Wildman–Crippen MR) is 52.1 cm³/mol. The summed E-state index contributed by atoms with van der Waals surface area (Å²) in [5.41, 5.74) is 6.22. The molecule has 0 rings (SSSR count). The fourth-order valence-electron chi connectivity index (χ4n) is 0.812. The summed E-state index contributed by atoms with van der Waals surface area (Å²) in [6.45, 7) is 7.22. The Balaban J connectivity index is 2.87. The Kier molecular flexibility index (Phi) is 9.03. The molecule has 0 saturated carbocycles. The van der Waals surface area contributed by atoms with Crippen LogP contribution in [0, 0.1) is 5.92 Å². The van der Waals surface area contributed by atoms with Crippen LogP contribution in [0.2, 0.25) is 0 Å². The molecule has 78 valence electrons. The Morgan fingerprint density at radius 1 is 1.31 bits per heavy atom. The van der Waals surface area contributed by atoms with E-state index in [1.54, 1.807) is 0 Å². The maximum Gasteiger partial charge on any atom is 0.293 e. The molecule has 0 fully saturated rings. The summed E-state index contributed by atoms with van der Waals surface area (Å²) in [7, 11) is 0. The minimum Gasteiger partial charge on any atom is -0.468 e. The van der Waals surface area contributed by atoms with Crippen LogP contribution in [0.5, 0.6) is 0 Å². The molecule has 0 aromatic rings. The van der Waals surface area contributed by atoms with E-state index in [0.717, 1.165) is 25.9 Å². The van der Waals surface area contributed by atoms with Gasteiger partial charge in [0.05, 0.1) is 6.61 Å². The van der Waals surface area contributed by atoms with Crippen molar-refractivity contribution in [2.45, 2.75) is 26.7 Å². The molecule has 0 aromatic carbocycles. The van der Waals surface area contributed by atoms with Gasteiger partial charge in [0.15, 0.2) is 0 Å². The second-order valence-electron chi connectivity index (χ2n) is 3.38. The van der Waals surface area contributed by atoms with E-state index in [4.69, 9.17) is 0 Å². The normalized spacial score (nSPS) is 10.4. The minimum atomic E-state index is 0.491. The maximum absolute atomic E-state index is 9.76. The van der Waals surface area contributed by atoms with E-state index in [1.165, 1.54) is 0 Å². The second-order valence-corrected chi connectivity index (χ2v) is 3.38. The van der Waals surface area contributed by atoms with Gasteiger partial charge in [-0.2, -0.15) is 0 Å². The van der Waals surface area contributed by atoms with Crippen molar-refractivity contribution in [1.82, 2.24) is 10.9 Å². The first-order chi connectivity index (χ1) is 6.27. The fourth-order valence-corrected chi connectivity index (χ4v) is 0.812. The van der Waals surface area contributed by atoms with Crippen LogP contribution < -0.4 is 10.9 Å². The van der Waals surface area contributed by atoms with E-state index in [1.807, 2.05) is 0 Å². The van der Waals surface area contributed by atoms with Crippen LogP contribution in [0.25, 0.3) is 0 Å². The number of hydrogen-bond acceptors (Lipinski definition) is 4. The van der Waals surface area contributed by atoms with Crippen LogP contribution in [0.15, 0.2) is 0 Å². The Morgan fingerprint density at radius 3 is 2.69 bits per heavy atom. The summed E-state index contributed by atoms with van der Waals surface area (Å²) in [5, 5.41) is 0. The van der Waals surface area contributed by atoms with Gasteiger partial charge in [0.25, 0.3) is 6.47 Å². The molecule has 2 N–H and O–H groups in total. The van der Waals surface area contributed by atoms with Crippen LogP contribution in [-0.2, 0) is 9.53 Å². The first-order valence-electron chi connectivity index (χ1n) is 4.78. The average Bonchev–Trinajstić information content (AvgIpc) is 2.09. The summed E-state index contributed by atoms with van der Waals surface area (Å²) in [6.07, 6.45) is 1.92. The standard InChI is InChI=1S/C9H20N2O2/c1-9(2)7-11-10-5-3-4-6-13-8-12/h8-11H,3-7H2,1-2H3. The molecule has 0 unspecified atom stereocenters. The summed E-state index contributed by atoms with van der Waals surface area (Å²) in [4.78, 5) is 9.76. The van der Waals surface area contributed by atoms with Crippen molar-refractivity contribution in [3.8, 4) is 0 Å². The molecule has 4 nitrogen and oxygen atoms in total. The van der Waals surface area contributed by atoms with Gasteiger partial charge in [-0.15, -0.1) is 0 Å². The zero-order chi connectivity index (χ0) is 9.94. The smallest absolute Gasteiger partial charge is 0.293 e. The molecular formula is C9H20N2O2. The van der Waals surface area contributed by atoms with Crippen LogP contribution in [0.3, 0.4) is 0 Å². The Morgan fingerprint density at radius 2 is 2.08 bits per heavy atom. The quantitative estimate of drug-likeness (QED) is 0.317. The topological polar surface area (TPSA) is 50.4 Å². The minimum absolute atomic E-state index is 0.491. The van der Waals surface area contributed by atoms with Crippen molar-refractivity contribution in [3.63, 3.8) is 0 Å². The van der Waals surface area contributed by atoms with Gasteiger partial charge in [-0.05, 0) is 18.8 Å². The highest BCUT2D eigenvalue weighted by Crippen LogP contribution is 1.87. The number of nitrogens with one attached hydrogen (secondary N) is 2. The molecule has 0 aliphatic heterocycles. The van der Waals surface area contributed by atoms with E-state index in [0.29, 0.717) is 19.0 Å². The van der Waals surface area contributed by atoms with Gasteiger partial charge in [-0.25, -0.2) is 0 Å². The zero-order valence-electron chi connectivity index (χ0n) is 8.51. The van der Waals surface area contributed by atoms with E-state index in [2.05, 4.69) is 29.4 Å². The molecule has 0 atom stereocenters. The Labute approximate surface area is 80.0 Å². The van der Waals surface area contributed by atoms with Gasteiger partial charge < -0.3 is 4.74 Å². The molecule has 4 heteroatoms. The molecule has 13 heavy (non-hydrogen) atoms. The van der Waals surface area contributed by atoms with Crippen LogP contribution in [0.1, 0.15) is 26.7 Å². The molecule has 0 heterocycles. The van der Waals surface area contributed by atoms with Gasteiger partial charge in [0.2, 0.25) is 0 Å². The van der Waals surface area contributed by atoms with Gasteiger partial charge in [-0.3, -0.25) is 15.6 Å². The third-order valence-electron chi connectivity index (χ3n) is 1.52. The molecule has 0 radical (unpaired) electrons. The van der Waals surface area contributed by atoms with E-state index >= 15 is 0 Å². The Hall–Kier alpha value is -0.610. The average molecular weight is 188 g/mol. The molecular weight excluding hydrogens is 168 g/mol. The van der Waals surface area contributed by atoms with Crippen molar-refractivity contribution in [3.05, 3.63) is 0 Å². The summed E-state index contributed by atoms with van der Waals surface area (Å²) >= 11 is 0. The van der Waals surface area contributed by atoms with Crippen molar-refractivity contribution in [2.24, 2.45) is 5.92 Å². The number of carbonyl (C=O) groups is 1. The first-order valence-corrected chi connectivity index (χ1v) is 4.78. The largest absolute Gasteiger partial charge is 0.468 e. The number of carbonyl (C=O) groups excluding carboxylic acids is 1. The van der Waals surface area contributed by atoms with E-state index in [-0.39, 0.29) is 0 Å². The molecule has 0 spiro atoms. The molecule has 0 amide bonds. The zero-order valence-corrected chi connectivity index (χ0v) is 8.51. The third kappa shape index (κ3) is 11.4. The molecule has 0 bridgehead atoms. The van der Waals surface area contributed by atoms with Crippen molar-refractivity contribution < 1.29 is 9.53 Å². The van der Waals surface area contributed by atoms with E-state index in [9.17, 15) is 4.79 Å². The number of ether oxygens (including phenoxy) is 1. The number of unbranched alkanes of at least 4 members (excludes halogenated alkanes) is 1. The lowest BCUT2D eigenvalue weighted by Gasteiger charge is -2.08. The molecule has 0 saturated heterocycles. The van der Waals surface area contributed by atoms with Crippen LogP contribution >= 0.6 is 0 Å². The molecule has 0 aliphatic carbocycles. The fraction of sp³-hybridized carbons (Fsp3) is 0.889. The molecule has 0 aromatic heterocycles. The highest BCUT2D eigenvalue weighted by molar-refractivity contribution is 5.36. The van der Waals surface area contributed by atoms with Crippen molar-refractivity contribution in [1.29, 1.82) is 0 Å². The van der Waals surface area contributed by atoms with Gasteiger partial charge >= 0.3 is 0 Å².